The van der Waals surface area contributed by atoms with Crippen LogP contribution in [0.4, 0.5) is 0 Å². The summed E-state index contributed by atoms with van der Waals surface area (Å²) in [5.74, 6) is -0.437. The normalized spacial score (nSPS) is 10.4. The molecule has 0 saturated carbocycles. The molecule has 2 rings (SSSR count). The van der Waals surface area contributed by atoms with Gasteiger partial charge in [0.1, 0.15) is 0 Å². The highest BCUT2D eigenvalue weighted by molar-refractivity contribution is 5.95. The molecule has 0 aromatic carbocycles. The second-order valence-electron chi connectivity index (χ2n) is 3.97. The highest BCUT2D eigenvalue weighted by Crippen LogP contribution is 2.24. The van der Waals surface area contributed by atoms with Gasteiger partial charge in [-0.3, -0.25) is 9.67 Å². The first-order valence-corrected chi connectivity index (χ1v) is 5.45. The van der Waals surface area contributed by atoms with Gasteiger partial charge in [-0.15, -0.1) is 0 Å². The van der Waals surface area contributed by atoms with Gasteiger partial charge in [0.15, 0.2) is 5.69 Å². The van der Waals surface area contributed by atoms with Crippen molar-refractivity contribution in [3.8, 4) is 11.3 Å². The Kier molecular flexibility index (Phi) is 3.10. The first-order valence-electron chi connectivity index (χ1n) is 5.45. The van der Waals surface area contributed by atoms with Gasteiger partial charge in [0.25, 0.3) is 0 Å². The van der Waals surface area contributed by atoms with Gasteiger partial charge in [-0.1, -0.05) is 0 Å². The van der Waals surface area contributed by atoms with Crippen LogP contribution in [0.15, 0.2) is 12.4 Å². The lowest BCUT2D eigenvalue weighted by Crippen LogP contribution is -2.10. The van der Waals surface area contributed by atoms with E-state index in [2.05, 4.69) is 15.1 Å². The van der Waals surface area contributed by atoms with Gasteiger partial charge >= 0.3 is 5.97 Å². The monoisotopic (exact) mass is 246 g/mol. The average Bonchev–Trinajstić information content (AvgIpc) is 2.73. The summed E-state index contributed by atoms with van der Waals surface area (Å²) in [4.78, 5) is 20.4. The Bertz CT molecular complexity index is 604. The lowest BCUT2D eigenvalue weighted by atomic mass is 10.1. The van der Waals surface area contributed by atoms with Crippen molar-refractivity contribution in [2.45, 2.75) is 13.8 Å². The van der Waals surface area contributed by atoms with Gasteiger partial charge in [0, 0.05) is 13.2 Å². The molecule has 0 saturated heterocycles. The Morgan fingerprint density at radius 3 is 2.72 bits per heavy atom. The van der Waals surface area contributed by atoms with E-state index in [0.717, 1.165) is 11.4 Å². The number of methoxy groups -OCH3 is 1. The maximum absolute atomic E-state index is 11.8. The van der Waals surface area contributed by atoms with E-state index in [-0.39, 0.29) is 0 Å². The van der Waals surface area contributed by atoms with E-state index < -0.39 is 5.97 Å². The summed E-state index contributed by atoms with van der Waals surface area (Å²) in [5, 5.41) is 4.08. The Morgan fingerprint density at radius 1 is 1.33 bits per heavy atom. The summed E-state index contributed by atoms with van der Waals surface area (Å²) in [5.41, 5.74) is 3.20. The average molecular weight is 246 g/mol. The molecule has 0 unspecified atom stereocenters. The number of hydrogen-bond donors (Lipinski definition) is 0. The summed E-state index contributed by atoms with van der Waals surface area (Å²) in [7, 11) is 3.03. The summed E-state index contributed by atoms with van der Waals surface area (Å²) in [6.07, 6.45) is 3.29. The largest absolute Gasteiger partial charge is 0.464 e. The summed E-state index contributed by atoms with van der Waals surface area (Å²) < 4.78 is 6.24. The van der Waals surface area contributed by atoms with E-state index in [1.54, 1.807) is 19.4 Å². The SMILES string of the molecule is COC(=O)c1c(-c2nc(C)cnc2C)cnn1C. The van der Waals surface area contributed by atoms with E-state index in [1.165, 1.54) is 11.8 Å². The van der Waals surface area contributed by atoms with Gasteiger partial charge in [-0.25, -0.2) is 9.78 Å². The molecule has 0 atom stereocenters. The summed E-state index contributed by atoms with van der Waals surface area (Å²) in [6.45, 7) is 3.69. The van der Waals surface area contributed by atoms with Crippen molar-refractivity contribution in [1.82, 2.24) is 19.7 Å². The molecule has 0 N–H and O–H groups in total. The number of carbonyl (C=O) groups excluding carboxylic acids is 1. The van der Waals surface area contributed by atoms with Crippen molar-refractivity contribution in [2.75, 3.05) is 7.11 Å². The molecule has 6 nitrogen and oxygen atoms in total. The van der Waals surface area contributed by atoms with Crippen LogP contribution in [-0.2, 0) is 11.8 Å². The molecular formula is C12H14N4O2. The van der Waals surface area contributed by atoms with Gasteiger partial charge < -0.3 is 4.74 Å². The number of ether oxygens (including phenoxy) is 1. The van der Waals surface area contributed by atoms with Crippen LogP contribution in [0.3, 0.4) is 0 Å². The van der Waals surface area contributed by atoms with Crippen molar-refractivity contribution >= 4 is 5.97 Å². The van der Waals surface area contributed by atoms with Crippen molar-refractivity contribution in [3.63, 3.8) is 0 Å². The molecule has 0 aliphatic carbocycles. The molecule has 0 amide bonds. The first kappa shape index (κ1) is 12.2. The molecule has 0 bridgehead atoms. The van der Waals surface area contributed by atoms with Gasteiger partial charge in [-0.05, 0) is 13.8 Å². The fourth-order valence-electron chi connectivity index (χ4n) is 1.74. The van der Waals surface area contributed by atoms with E-state index in [1.807, 2.05) is 13.8 Å². The smallest absolute Gasteiger partial charge is 0.357 e. The van der Waals surface area contributed by atoms with Crippen LogP contribution in [-0.4, -0.2) is 32.8 Å². The minimum atomic E-state index is -0.437. The zero-order chi connectivity index (χ0) is 13.3. The number of aromatic nitrogens is 4. The van der Waals surface area contributed by atoms with E-state index in [9.17, 15) is 4.79 Å². The molecule has 94 valence electrons. The number of carbonyl (C=O) groups is 1. The molecule has 0 aliphatic heterocycles. The van der Waals surface area contributed by atoms with Crippen LogP contribution in [0, 0.1) is 13.8 Å². The van der Waals surface area contributed by atoms with Crippen LogP contribution in [0.5, 0.6) is 0 Å². The topological polar surface area (TPSA) is 69.9 Å². The molecule has 0 radical (unpaired) electrons. The van der Waals surface area contributed by atoms with Crippen molar-refractivity contribution < 1.29 is 9.53 Å². The van der Waals surface area contributed by atoms with Crippen molar-refractivity contribution in [2.24, 2.45) is 7.05 Å². The maximum atomic E-state index is 11.8. The summed E-state index contributed by atoms with van der Waals surface area (Å²) in [6, 6.07) is 0. The molecule has 0 spiro atoms. The van der Waals surface area contributed by atoms with Crippen molar-refractivity contribution in [1.29, 1.82) is 0 Å². The van der Waals surface area contributed by atoms with Gasteiger partial charge in [0.05, 0.1) is 36.0 Å². The number of aryl methyl sites for hydroxylation is 3. The lowest BCUT2D eigenvalue weighted by molar-refractivity contribution is 0.0589. The standard InChI is InChI=1S/C12H14N4O2/c1-7-5-13-8(2)10(15-7)9-6-14-16(3)11(9)12(17)18-4/h5-6H,1-4H3. The van der Waals surface area contributed by atoms with Crippen molar-refractivity contribution in [3.05, 3.63) is 29.5 Å². The highest BCUT2D eigenvalue weighted by Gasteiger charge is 2.21. The zero-order valence-electron chi connectivity index (χ0n) is 10.8. The van der Waals surface area contributed by atoms with Gasteiger partial charge in [-0.2, -0.15) is 5.10 Å². The van der Waals surface area contributed by atoms with Crippen LogP contribution >= 0.6 is 0 Å². The molecular weight excluding hydrogens is 232 g/mol. The highest BCUT2D eigenvalue weighted by atomic mass is 16.5. The molecule has 0 aliphatic rings. The van der Waals surface area contributed by atoms with E-state index >= 15 is 0 Å². The fourth-order valence-corrected chi connectivity index (χ4v) is 1.74. The Labute approximate surface area is 105 Å². The molecule has 2 aromatic heterocycles. The number of hydrogen-bond acceptors (Lipinski definition) is 5. The fraction of sp³-hybridized carbons (Fsp3) is 0.333. The minimum absolute atomic E-state index is 0.375. The van der Waals surface area contributed by atoms with Crippen LogP contribution in [0.25, 0.3) is 11.3 Å². The zero-order valence-corrected chi connectivity index (χ0v) is 10.8. The number of rotatable bonds is 2. The number of nitrogens with zero attached hydrogens (tertiary/aromatic N) is 4. The molecule has 18 heavy (non-hydrogen) atoms. The molecule has 0 fully saturated rings. The molecule has 2 heterocycles. The Morgan fingerprint density at radius 2 is 2.06 bits per heavy atom. The van der Waals surface area contributed by atoms with Crippen LogP contribution < -0.4 is 0 Å². The summed E-state index contributed by atoms with van der Waals surface area (Å²) >= 11 is 0. The predicted molar refractivity (Wildman–Crippen MR) is 65.0 cm³/mol. The minimum Gasteiger partial charge on any atom is -0.464 e. The lowest BCUT2D eigenvalue weighted by Gasteiger charge is -2.06. The van der Waals surface area contributed by atoms with Crippen LogP contribution in [0.2, 0.25) is 0 Å². The third-order valence-electron chi connectivity index (χ3n) is 2.65. The number of esters is 1. The quantitative estimate of drug-likeness (QED) is 0.746. The second-order valence-corrected chi connectivity index (χ2v) is 3.97. The maximum Gasteiger partial charge on any atom is 0.357 e. The second kappa shape index (κ2) is 4.56. The van der Waals surface area contributed by atoms with E-state index in [0.29, 0.717) is 17.0 Å². The van der Waals surface area contributed by atoms with Crippen LogP contribution in [0.1, 0.15) is 21.9 Å². The Hall–Kier alpha value is -2.24. The predicted octanol–water partition coefficient (Wildman–Crippen LogP) is 1.28. The van der Waals surface area contributed by atoms with E-state index in [4.69, 9.17) is 4.74 Å². The third-order valence-corrected chi connectivity index (χ3v) is 2.65. The Balaban J connectivity index is 2.64. The third kappa shape index (κ3) is 1.97. The molecule has 2 aromatic rings. The first-order chi connectivity index (χ1) is 8.54. The molecule has 6 heteroatoms. The van der Waals surface area contributed by atoms with Gasteiger partial charge in [0.2, 0.25) is 0 Å².